The predicted octanol–water partition coefficient (Wildman–Crippen LogP) is 2.32. The Labute approximate surface area is 119 Å². The van der Waals surface area contributed by atoms with Crippen molar-refractivity contribution in [1.29, 1.82) is 0 Å². The lowest BCUT2D eigenvalue weighted by Gasteiger charge is -2.06. The van der Waals surface area contributed by atoms with Crippen molar-refractivity contribution in [3.05, 3.63) is 34.8 Å². The molecule has 1 heterocycles. The van der Waals surface area contributed by atoms with Gasteiger partial charge in [0.2, 0.25) is 0 Å². The van der Waals surface area contributed by atoms with E-state index < -0.39 is 0 Å². The number of anilines is 1. The Morgan fingerprint density at radius 1 is 1.26 bits per heavy atom. The van der Waals surface area contributed by atoms with Crippen molar-refractivity contribution in [1.82, 2.24) is 10.2 Å². The number of methoxy groups -OCH3 is 1. The van der Waals surface area contributed by atoms with Crippen LogP contribution in [0.15, 0.2) is 34.8 Å². The van der Waals surface area contributed by atoms with Crippen molar-refractivity contribution in [2.75, 3.05) is 25.6 Å². The summed E-state index contributed by atoms with van der Waals surface area (Å²) in [6.07, 6.45) is 0. The minimum Gasteiger partial charge on any atom is -0.496 e. The molecule has 0 bridgehead atoms. The van der Waals surface area contributed by atoms with Crippen molar-refractivity contribution in [3.8, 4) is 17.0 Å². The summed E-state index contributed by atoms with van der Waals surface area (Å²) < 4.78 is 6.05. The fourth-order valence-corrected chi connectivity index (χ4v) is 2.13. The van der Waals surface area contributed by atoms with Gasteiger partial charge in [0.25, 0.3) is 0 Å². The van der Waals surface area contributed by atoms with Crippen LogP contribution in [0.25, 0.3) is 11.3 Å². The zero-order chi connectivity index (χ0) is 13.7. The van der Waals surface area contributed by atoms with Gasteiger partial charge in [-0.25, -0.2) is 0 Å². The lowest BCUT2D eigenvalue weighted by atomic mass is 10.1. The molecule has 0 saturated heterocycles. The van der Waals surface area contributed by atoms with Crippen molar-refractivity contribution in [2.24, 2.45) is 0 Å². The SMILES string of the molecule is COc1ccc(-c2ccc(NCCO)nn2)cc1Br. The van der Waals surface area contributed by atoms with Crippen molar-refractivity contribution < 1.29 is 9.84 Å². The predicted molar refractivity (Wildman–Crippen MR) is 77.3 cm³/mol. The normalized spacial score (nSPS) is 10.3. The van der Waals surface area contributed by atoms with Gasteiger partial charge in [-0.1, -0.05) is 0 Å². The molecule has 0 aliphatic heterocycles. The maximum atomic E-state index is 8.71. The topological polar surface area (TPSA) is 67.3 Å². The van der Waals surface area contributed by atoms with Crippen molar-refractivity contribution in [2.45, 2.75) is 0 Å². The highest BCUT2D eigenvalue weighted by molar-refractivity contribution is 9.10. The number of nitrogens with zero attached hydrogens (tertiary/aromatic N) is 2. The van der Waals surface area contributed by atoms with E-state index in [1.807, 2.05) is 30.3 Å². The average Bonchev–Trinajstić information content (AvgIpc) is 2.45. The Kier molecular flexibility index (Phi) is 4.70. The van der Waals surface area contributed by atoms with Crippen LogP contribution in [0.5, 0.6) is 5.75 Å². The molecule has 0 aliphatic rings. The highest BCUT2D eigenvalue weighted by Gasteiger charge is 2.05. The van der Waals surface area contributed by atoms with Crippen molar-refractivity contribution >= 4 is 21.7 Å². The first-order valence-corrected chi connectivity index (χ1v) is 6.56. The second-order valence-electron chi connectivity index (χ2n) is 3.80. The number of ether oxygens (including phenoxy) is 1. The fraction of sp³-hybridized carbons (Fsp3) is 0.231. The summed E-state index contributed by atoms with van der Waals surface area (Å²) in [4.78, 5) is 0. The first-order chi connectivity index (χ1) is 9.24. The Morgan fingerprint density at radius 2 is 2.11 bits per heavy atom. The molecule has 19 heavy (non-hydrogen) atoms. The molecule has 0 spiro atoms. The largest absolute Gasteiger partial charge is 0.496 e. The molecular formula is C13H14BrN3O2. The fourth-order valence-electron chi connectivity index (χ4n) is 1.59. The average molecular weight is 324 g/mol. The number of aliphatic hydroxyl groups is 1. The molecule has 0 aliphatic carbocycles. The van der Waals surface area contributed by atoms with Gasteiger partial charge in [-0.3, -0.25) is 0 Å². The standard InChI is InChI=1S/C13H14BrN3O2/c1-19-12-4-2-9(8-10(12)14)11-3-5-13(17-16-11)15-6-7-18/h2-5,8,18H,6-7H2,1H3,(H,15,17). The second kappa shape index (κ2) is 6.49. The number of aromatic nitrogens is 2. The third kappa shape index (κ3) is 3.42. The second-order valence-corrected chi connectivity index (χ2v) is 4.66. The summed E-state index contributed by atoms with van der Waals surface area (Å²) in [6, 6.07) is 9.44. The third-order valence-corrected chi connectivity index (χ3v) is 3.15. The summed E-state index contributed by atoms with van der Waals surface area (Å²) in [7, 11) is 1.63. The zero-order valence-corrected chi connectivity index (χ0v) is 12.0. The molecule has 0 atom stereocenters. The molecule has 0 amide bonds. The van der Waals surface area contributed by atoms with Crippen LogP contribution < -0.4 is 10.1 Å². The minimum atomic E-state index is 0.0643. The van der Waals surface area contributed by atoms with Crippen molar-refractivity contribution in [3.63, 3.8) is 0 Å². The zero-order valence-electron chi connectivity index (χ0n) is 10.4. The van der Waals surface area contributed by atoms with Crippen LogP contribution >= 0.6 is 15.9 Å². The van der Waals surface area contributed by atoms with Gasteiger partial charge in [-0.05, 0) is 46.3 Å². The van der Waals surface area contributed by atoms with Crippen LogP contribution in [0.1, 0.15) is 0 Å². The van der Waals surface area contributed by atoms with E-state index in [2.05, 4.69) is 31.4 Å². The van der Waals surface area contributed by atoms with Crippen LogP contribution in [0.3, 0.4) is 0 Å². The van der Waals surface area contributed by atoms with Crippen LogP contribution in [0, 0.1) is 0 Å². The minimum absolute atomic E-state index is 0.0643. The van der Waals surface area contributed by atoms with E-state index in [0.717, 1.165) is 21.5 Å². The molecule has 0 radical (unpaired) electrons. The molecule has 0 fully saturated rings. The van der Waals surface area contributed by atoms with E-state index in [4.69, 9.17) is 9.84 Å². The molecular weight excluding hydrogens is 310 g/mol. The number of aliphatic hydroxyl groups excluding tert-OH is 1. The van der Waals surface area contributed by atoms with E-state index in [1.165, 1.54) is 0 Å². The van der Waals surface area contributed by atoms with Gasteiger partial charge in [-0.15, -0.1) is 10.2 Å². The summed E-state index contributed by atoms with van der Waals surface area (Å²) in [6.45, 7) is 0.525. The smallest absolute Gasteiger partial charge is 0.148 e. The Bertz CT molecular complexity index is 546. The quantitative estimate of drug-likeness (QED) is 0.883. The molecule has 0 saturated carbocycles. The maximum absolute atomic E-state index is 8.71. The Hall–Kier alpha value is -1.66. The molecule has 5 nitrogen and oxygen atoms in total. The lowest BCUT2D eigenvalue weighted by Crippen LogP contribution is -2.07. The van der Waals surface area contributed by atoms with Crippen LogP contribution in [-0.4, -0.2) is 35.6 Å². The molecule has 1 aromatic heterocycles. The molecule has 2 aromatic rings. The van der Waals surface area contributed by atoms with Gasteiger partial charge in [0.1, 0.15) is 11.6 Å². The molecule has 2 N–H and O–H groups in total. The number of rotatable bonds is 5. The van der Waals surface area contributed by atoms with Gasteiger partial charge >= 0.3 is 0 Å². The van der Waals surface area contributed by atoms with Gasteiger partial charge in [0.15, 0.2) is 0 Å². The molecule has 6 heteroatoms. The van der Waals surface area contributed by atoms with Crippen LogP contribution in [0.2, 0.25) is 0 Å². The molecule has 0 unspecified atom stereocenters. The first kappa shape index (κ1) is 13.8. The van der Waals surface area contributed by atoms with E-state index in [0.29, 0.717) is 12.4 Å². The number of halogens is 1. The highest BCUT2D eigenvalue weighted by atomic mass is 79.9. The number of hydrogen-bond acceptors (Lipinski definition) is 5. The van der Waals surface area contributed by atoms with E-state index in [9.17, 15) is 0 Å². The monoisotopic (exact) mass is 323 g/mol. The van der Waals surface area contributed by atoms with Gasteiger partial charge in [0.05, 0.1) is 23.9 Å². The van der Waals surface area contributed by atoms with E-state index >= 15 is 0 Å². The van der Waals surface area contributed by atoms with Gasteiger partial charge < -0.3 is 15.2 Å². The lowest BCUT2D eigenvalue weighted by molar-refractivity contribution is 0.311. The molecule has 100 valence electrons. The van der Waals surface area contributed by atoms with Gasteiger partial charge in [0, 0.05) is 12.1 Å². The molecule has 2 rings (SSSR count). The number of nitrogens with one attached hydrogen (secondary N) is 1. The third-order valence-electron chi connectivity index (χ3n) is 2.53. The molecule has 1 aromatic carbocycles. The first-order valence-electron chi connectivity index (χ1n) is 5.77. The number of benzene rings is 1. The highest BCUT2D eigenvalue weighted by Crippen LogP contribution is 2.29. The summed E-state index contributed by atoms with van der Waals surface area (Å²) in [5.41, 5.74) is 1.73. The Morgan fingerprint density at radius 3 is 2.68 bits per heavy atom. The van der Waals surface area contributed by atoms with Crippen LogP contribution in [0.4, 0.5) is 5.82 Å². The van der Waals surface area contributed by atoms with E-state index in [1.54, 1.807) is 7.11 Å². The maximum Gasteiger partial charge on any atom is 0.148 e. The van der Waals surface area contributed by atoms with E-state index in [-0.39, 0.29) is 6.61 Å². The summed E-state index contributed by atoms with van der Waals surface area (Å²) >= 11 is 3.44. The van der Waals surface area contributed by atoms with Crippen LogP contribution in [-0.2, 0) is 0 Å². The number of hydrogen-bond donors (Lipinski definition) is 2. The summed E-state index contributed by atoms with van der Waals surface area (Å²) in [5, 5.41) is 19.9. The van der Waals surface area contributed by atoms with Gasteiger partial charge in [-0.2, -0.15) is 0 Å². The summed E-state index contributed by atoms with van der Waals surface area (Å²) in [5.74, 6) is 1.42. The Balaban J connectivity index is 2.19.